The maximum Gasteiger partial charge on any atom is 0.508 e. The highest BCUT2D eigenvalue weighted by molar-refractivity contribution is 5.70. The largest absolute Gasteiger partial charge is 0.508 e. The van der Waals surface area contributed by atoms with Crippen molar-refractivity contribution in [2.45, 2.75) is 58.8 Å². The van der Waals surface area contributed by atoms with Gasteiger partial charge in [0.1, 0.15) is 24.8 Å². The normalized spacial score (nSPS) is 14.6. The van der Waals surface area contributed by atoms with E-state index < -0.39 is 24.0 Å². The minimum Gasteiger partial charge on any atom is -0.434 e. The quantitative estimate of drug-likeness (QED) is 0.447. The molecule has 3 rings (SSSR count). The molecule has 188 valence electrons. The molecule has 2 aromatic rings. The first kappa shape index (κ1) is 25.5. The Morgan fingerprint density at radius 3 is 2.06 bits per heavy atom. The predicted octanol–water partition coefficient (Wildman–Crippen LogP) is 2.94. The molecule has 0 aromatic carbocycles. The second kappa shape index (κ2) is 11.3. The summed E-state index contributed by atoms with van der Waals surface area (Å²) in [7, 11) is 0. The first-order valence-corrected chi connectivity index (χ1v) is 11.4. The fraction of sp³-hybridized carbons (Fsp3) is 0.682. The van der Waals surface area contributed by atoms with E-state index in [2.05, 4.69) is 15.0 Å². The third kappa shape index (κ3) is 7.72. The van der Waals surface area contributed by atoms with E-state index in [1.807, 2.05) is 32.3 Å². The SMILES string of the molecule is CC(C)COC(=O)OCC(COC(=O)OCC(C)C)OC1(Cn2cnc3cnc(N)nc32)CC1. The number of nitrogen functional groups attached to an aromatic ring is 1. The van der Waals surface area contributed by atoms with E-state index in [1.54, 1.807) is 12.5 Å². The van der Waals surface area contributed by atoms with Gasteiger partial charge in [0.05, 0.1) is 37.9 Å². The summed E-state index contributed by atoms with van der Waals surface area (Å²) in [6.07, 6.45) is 2.42. The van der Waals surface area contributed by atoms with Crippen molar-refractivity contribution in [3.8, 4) is 0 Å². The average Bonchev–Trinajstić information content (AvgIpc) is 3.44. The number of carbonyl (C=O) groups is 2. The summed E-state index contributed by atoms with van der Waals surface area (Å²) < 4.78 is 28.6. The van der Waals surface area contributed by atoms with Crippen molar-refractivity contribution < 1.29 is 33.3 Å². The molecule has 0 bridgehead atoms. The molecule has 2 N–H and O–H groups in total. The first-order valence-electron chi connectivity index (χ1n) is 11.4. The summed E-state index contributed by atoms with van der Waals surface area (Å²) in [5.41, 5.74) is 6.39. The Morgan fingerprint density at radius 2 is 1.53 bits per heavy atom. The standard InChI is InChI=1S/C22H33N5O7/c1-14(2)8-30-20(28)32-10-16(11-33-21(29)31-9-15(3)4)34-22(5-6-22)12-27-13-25-17-7-24-19(23)26-18(17)27/h7,13-16H,5-6,8-12H2,1-4H3,(H2,23,24,26). The Hall–Kier alpha value is -3.15. The maximum absolute atomic E-state index is 11.9. The van der Waals surface area contributed by atoms with E-state index in [-0.39, 0.29) is 44.2 Å². The molecular formula is C22H33N5O7. The second-order valence-electron chi connectivity index (χ2n) is 9.26. The Morgan fingerprint density at radius 1 is 0.971 bits per heavy atom. The van der Waals surface area contributed by atoms with Gasteiger partial charge in [-0.1, -0.05) is 27.7 Å². The number of anilines is 1. The average molecular weight is 480 g/mol. The highest BCUT2D eigenvalue weighted by Gasteiger charge is 2.47. The molecule has 34 heavy (non-hydrogen) atoms. The zero-order valence-electron chi connectivity index (χ0n) is 20.1. The predicted molar refractivity (Wildman–Crippen MR) is 121 cm³/mol. The molecule has 0 radical (unpaired) electrons. The molecule has 1 aliphatic rings. The highest BCUT2D eigenvalue weighted by Crippen LogP contribution is 2.42. The molecule has 0 unspecified atom stereocenters. The molecular weight excluding hydrogens is 446 g/mol. The van der Waals surface area contributed by atoms with Gasteiger partial charge < -0.3 is 34.0 Å². The fourth-order valence-electron chi connectivity index (χ4n) is 3.09. The van der Waals surface area contributed by atoms with Gasteiger partial charge in [0.25, 0.3) is 0 Å². The van der Waals surface area contributed by atoms with Crippen molar-refractivity contribution in [2.24, 2.45) is 11.8 Å². The van der Waals surface area contributed by atoms with Crippen molar-refractivity contribution in [3.05, 3.63) is 12.5 Å². The van der Waals surface area contributed by atoms with Crippen molar-refractivity contribution in [1.82, 2.24) is 19.5 Å². The lowest BCUT2D eigenvalue weighted by atomic mass is 10.2. The molecule has 2 aromatic heterocycles. The lowest BCUT2D eigenvalue weighted by Gasteiger charge is -2.25. The van der Waals surface area contributed by atoms with Crippen molar-refractivity contribution in [2.75, 3.05) is 32.2 Å². The first-order chi connectivity index (χ1) is 16.2. The summed E-state index contributed by atoms with van der Waals surface area (Å²) in [6.45, 7) is 8.33. The van der Waals surface area contributed by atoms with Crippen LogP contribution >= 0.6 is 0 Å². The van der Waals surface area contributed by atoms with Crippen molar-refractivity contribution >= 4 is 29.4 Å². The van der Waals surface area contributed by atoms with Gasteiger partial charge in [-0.15, -0.1) is 0 Å². The van der Waals surface area contributed by atoms with Gasteiger partial charge in [-0.3, -0.25) is 0 Å². The van der Waals surface area contributed by atoms with Crippen LogP contribution in [0.15, 0.2) is 12.5 Å². The second-order valence-corrected chi connectivity index (χ2v) is 9.26. The summed E-state index contributed by atoms with van der Waals surface area (Å²) in [4.78, 5) is 36.3. The van der Waals surface area contributed by atoms with Gasteiger partial charge in [0.15, 0.2) is 5.65 Å². The molecule has 1 fully saturated rings. The number of ether oxygens (including phenoxy) is 5. The number of nitrogens with zero attached hydrogens (tertiary/aromatic N) is 4. The summed E-state index contributed by atoms with van der Waals surface area (Å²) in [6, 6.07) is 0. The van der Waals surface area contributed by atoms with Crippen LogP contribution in [0, 0.1) is 11.8 Å². The van der Waals surface area contributed by atoms with Crippen LogP contribution in [0.1, 0.15) is 40.5 Å². The maximum atomic E-state index is 11.9. The Bertz CT molecular complexity index is 946. The number of hydrogen-bond donors (Lipinski definition) is 1. The molecule has 1 saturated carbocycles. The van der Waals surface area contributed by atoms with E-state index in [1.165, 1.54) is 0 Å². The van der Waals surface area contributed by atoms with Gasteiger partial charge >= 0.3 is 12.3 Å². The van der Waals surface area contributed by atoms with E-state index in [0.29, 0.717) is 17.7 Å². The Balaban J connectivity index is 1.62. The molecule has 0 saturated heterocycles. The monoisotopic (exact) mass is 479 g/mol. The molecule has 12 nitrogen and oxygen atoms in total. The number of imidazole rings is 1. The molecule has 0 aliphatic heterocycles. The number of hydrogen-bond acceptors (Lipinski definition) is 11. The van der Waals surface area contributed by atoms with E-state index in [9.17, 15) is 9.59 Å². The van der Waals surface area contributed by atoms with Crippen molar-refractivity contribution in [1.29, 1.82) is 0 Å². The van der Waals surface area contributed by atoms with Gasteiger partial charge in [-0.25, -0.2) is 19.6 Å². The van der Waals surface area contributed by atoms with Gasteiger partial charge in [-0.2, -0.15) is 4.98 Å². The zero-order valence-corrected chi connectivity index (χ0v) is 20.1. The summed E-state index contributed by atoms with van der Waals surface area (Å²) in [5.74, 6) is 0.506. The minimum absolute atomic E-state index is 0.143. The topological polar surface area (TPSA) is 150 Å². The van der Waals surface area contributed by atoms with Gasteiger partial charge in [0.2, 0.25) is 5.95 Å². The van der Waals surface area contributed by atoms with E-state index in [0.717, 1.165) is 12.8 Å². The minimum atomic E-state index is -0.803. The lowest BCUT2D eigenvalue weighted by molar-refractivity contribution is -0.0973. The highest BCUT2D eigenvalue weighted by atomic mass is 16.7. The molecule has 1 aliphatic carbocycles. The van der Waals surface area contributed by atoms with Crippen LogP contribution in [-0.4, -0.2) is 70.0 Å². The molecule has 0 atom stereocenters. The third-order valence-corrected chi connectivity index (χ3v) is 4.90. The van der Waals surface area contributed by atoms with Gasteiger partial charge in [-0.05, 0) is 24.7 Å². The number of carbonyl (C=O) groups excluding carboxylic acids is 2. The smallest absolute Gasteiger partial charge is 0.434 e. The van der Waals surface area contributed by atoms with E-state index in [4.69, 9.17) is 29.4 Å². The molecule has 2 heterocycles. The Labute approximate surface area is 198 Å². The van der Waals surface area contributed by atoms with Crippen LogP contribution in [0.4, 0.5) is 15.5 Å². The van der Waals surface area contributed by atoms with Gasteiger partial charge in [0, 0.05) is 0 Å². The van der Waals surface area contributed by atoms with Crippen LogP contribution < -0.4 is 5.73 Å². The summed E-state index contributed by atoms with van der Waals surface area (Å²) >= 11 is 0. The fourth-order valence-corrected chi connectivity index (χ4v) is 3.09. The van der Waals surface area contributed by atoms with Crippen LogP contribution in [0.5, 0.6) is 0 Å². The third-order valence-electron chi connectivity index (χ3n) is 4.90. The molecule has 0 spiro atoms. The number of nitrogens with two attached hydrogens (primary N) is 1. The van der Waals surface area contributed by atoms with Crippen LogP contribution in [-0.2, 0) is 30.2 Å². The number of aromatic nitrogens is 4. The summed E-state index contributed by atoms with van der Waals surface area (Å²) in [5, 5.41) is 0. The molecule has 12 heteroatoms. The lowest BCUT2D eigenvalue weighted by Crippen LogP contribution is -2.35. The van der Waals surface area contributed by atoms with Crippen LogP contribution in [0.3, 0.4) is 0 Å². The number of rotatable bonds is 12. The van der Waals surface area contributed by atoms with Crippen molar-refractivity contribution in [3.63, 3.8) is 0 Å². The Kier molecular flexibility index (Phi) is 8.48. The van der Waals surface area contributed by atoms with Crippen LogP contribution in [0.25, 0.3) is 11.2 Å². The van der Waals surface area contributed by atoms with E-state index >= 15 is 0 Å². The zero-order chi connectivity index (χ0) is 24.7. The number of fused-ring (bicyclic) bond motifs is 1. The van der Waals surface area contributed by atoms with Crippen LogP contribution in [0.2, 0.25) is 0 Å². The molecule has 0 amide bonds.